The third-order valence-electron chi connectivity index (χ3n) is 3.81. The Labute approximate surface area is 118 Å². The quantitative estimate of drug-likeness (QED) is 0.389. The average molecular weight is 272 g/mol. The van der Waals surface area contributed by atoms with Crippen LogP contribution in [-0.4, -0.2) is 20.8 Å². The first-order valence-corrected chi connectivity index (χ1v) is 6.52. The molecule has 2 aromatic rings. The molecule has 0 aliphatic heterocycles. The average Bonchev–Trinajstić information content (AvgIpc) is 2.67. The fraction of sp³-hybridized carbons (Fsp3) is 0.333. The molecule has 0 spiro atoms. The van der Waals surface area contributed by atoms with Gasteiger partial charge in [0.1, 0.15) is 0 Å². The fourth-order valence-corrected chi connectivity index (χ4v) is 2.19. The third kappa shape index (κ3) is 2.52. The molecule has 2 rings (SSSR count). The van der Waals surface area contributed by atoms with Crippen LogP contribution >= 0.6 is 0 Å². The van der Waals surface area contributed by atoms with Crippen molar-refractivity contribution in [1.82, 2.24) is 9.78 Å². The van der Waals surface area contributed by atoms with Crippen molar-refractivity contribution in [3.05, 3.63) is 51.8 Å². The van der Waals surface area contributed by atoms with Crippen molar-refractivity contribution in [1.29, 1.82) is 0 Å². The van der Waals surface area contributed by atoms with Crippen molar-refractivity contribution in [2.75, 3.05) is 0 Å². The molecule has 5 nitrogen and oxygen atoms in total. The molecule has 106 valence electrons. The van der Waals surface area contributed by atoms with Crippen molar-refractivity contribution in [3.63, 3.8) is 0 Å². The number of aromatic nitrogens is 2. The zero-order chi connectivity index (χ0) is 14.9. The van der Waals surface area contributed by atoms with Gasteiger partial charge in [0.2, 0.25) is 0 Å². The molecule has 1 heterocycles. The van der Waals surface area contributed by atoms with Gasteiger partial charge in [-0.1, -0.05) is 17.3 Å². The Morgan fingerprint density at radius 3 is 2.50 bits per heavy atom. The lowest BCUT2D eigenvalue weighted by molar-refractivity contribution is 0.318. The zero-order valence-electron chi connectivity index (χ0n) is 12.3. The molecular formula is C15H20N4O. The van der Waals surface area contributed by atoms with E-state index in [1.54, 1.807) is 0 Å². The number of aryl methyl sites for hydroxylation is 2. The predicted molar refractivity (Wildman–Crippen MR) is 79.2 cm³/mol. The molecule has 0 aliphatic carbocycles. The molecule has 0 amide bonds. The lowest BCUT2D eigenvalue weighted by Crippen LogP contribution is -2.14. The number of oxime groups is 1. The van der Waals surface area contributed by atoms with E-state index < -0.39 is 0 Å². The van der Waals surface area contributed by atoms with Gasteiger partial charge in [-0.3, -0.25) is 4.68 Å². The molecular weight excluding hydrogens is 252 g/mol. The summed E-state index contributed by atoms with van der Waals surface area (Å²) in [5, 5.41) is 16.3. The minimum Gasteiger partial charge on any atom is -0.409 e. The van der Waals surface area contributed by atoms with Crippen molar-refractivity contribution in [2.24, 2.45) is 10.9 Å². The Morgan fingerprint density at radius 2 is 2.00 bits per heavy atom. The number of hydrogen-bond acceptors (Lipinski definition) is 3. The second-order valence-electron chi connectivity index (χ2n) is 5.08. The second kappa shape index (κ2) is 5.36. The molecule has 0 bridgehead atoms. The van der Waals surface area contributed by atoms with Gasteiger partial charge in [-0.25, -0.2) is 0 Å². The van der Waals surface area contributed by atoms with Crippen LogP contribution in [0.1, 0.15) is 33.6 Å². The Morgan fingerprint density at radius 1 is 1.30 bits per heavy atom. The number of amidine groups is 1. The highest BCUT2D eigenvalue weighted by Crippen LogP contribution is 2.16. The number of benzene rings is 1. The summed E-state index contributed by atoms with van der Waals surface area (Å²) in [6.45, 7) is 8.93. The van der Waals surface area contributed by atoms with Crippen LogP contribution in [0.4, 0.5) is 0 Å². The highest BCUT2D eigenvalue weighted by Gasteiger charge is 2.09. The molecule has 1 aromatic carbocycles. The van der Waals surface area contributed by atoms with Crippen LogP contribution in [0.25, 0.3) is 0 Å². The van der Waals surface area contributed by atoms with Crippen LogP contribution in [0.3, 0.4) is 0 Å². The molecule has 3 N–H and O–H groups in total. The van der Waals surface area contributed by atoms with Gasteiger partial charge in [-0.2, -0.15) is 5.10 Å². The molecule has 0 unspecified atom stereocenters. The highest BCUT2D eigenvalue weighted by molar-refractivity contribution is 5.97. The normalized spacial score (nSPS) is 11.9. The van der Waals surface area contributed by atoms with Gasteiger partial charge < -0.3 is 10.9 Å². The maximum atomic E-state index is 8.70. The summed E-state index contributed by atoms with van der Waals surface area (Å²) < 4.78 is 2.01. The summed E-state index contributed by atoms with van der Waals surface area (Å²) >= 11 is 0. The fourth-order valence-electron chi connectivity index (χ4n) is 2.19. The first-order valence-electron chi connectivity index (χ1n) is 6.52. The van der Waals surface area contributed by atoms with Crippen molar-refractivity contribution < 1.29 is 5.21 Å². The van der Waals surface area contributed by atoms with Gasteiger partial charge in [0.25, 0.3) is 0 Å². The van der Waals surface area contributed by atoms with Gasteiger partial charge in [0.15, 0.2) is 5.84 Å². The van der Waals surface area contributed by atoms with E-state index in [2.05, 4.69) is 24.1 Å². The first kappa shape index (κ1) is 14.1. The van der Waals surface area contributed by atoms with Gasteiger partial charge in [0.05, 0.1) is 12.2 Å². The Balaban J connectivity index is 2.33. The number of hydrogen-bond donors (Lipinski definition) is 2. The van der Waals surface area contributed by atoms with Gasteiger partial charge >= 0.3 is 0 Å². The second-order valence-corrected chi connectivity index (χ2v) is 5.08. The summed E-state index contributed by atoms with van der Waals surface area (Å²) in [6.07, 6.45) is 0. The molecule has 5 heteroatoms. The number of rotatable bonds is 3. The number of nitrogens with zero attached hydrogens (tertiary/aromatic N) is 3. The maximum absolute atomic E-state index is 8.70. The lowest BCUT2D eigenvalue weighted by Gasteiger charge is -2.10. The molecule has 0 atom stereocenters. The summed E-state index contributed by atoms with van der Waals surface area (Å²) in [6, 6.07) is 5.77. The minimum absolute atomic E-state index is 0.126. The van der Waals surface area contributed by atoms with Gasteiger partial charge in [0, 0.05) is 11.3 Å². The molecule has 20 heavy (non-hydrogen) atoms. The number of nitrogens with two attached hydrogens (primary N) is 1. The highest BCUT2D eigenvalue weighted by atomic mass is 16.4. The largest absolute Gasteiger partial charge is 0.409 e. The Bertz CT molecular complexity index is 671. The van der Waals surface area contributed by atoms with Crippen LogP contribution in [0.2, 0.25) is 0 Å². The Kier molecular flexibility index (Phi) is 3.79. The van der Waals surface area contributed by atoms with E-state index in [1.165, 1.54) is 16.8 Å². The van der Waals surface area contributed by atoms with E-state index in [4.69, 9.17) is 10.9 Å². The van der Waals surface area contributed by atoms with Crippen LogP contribution in [0.15, 0.2) is 23.4 Å². The third-order valence-corrected chi connectivity index (χ3v) is 3.81. The first-order chi connectivity index (χ1) is 9.43. The van der Waals surface area contributed by atoms with E-state index in [1.807, 2.05) is 36.7 Å². The SMILES string of the molecule is Cc1cc(/C(N)=N/O)ccc1Cn1nc(C)c(C)c1C. The summed E-state index contributed by atoms with van der Waals surface area (Å²) in [7, 11) is 0. The van der Waals surface area contributed by atoms with Crippen LogP contribution in [-0.2, 0) is 6.54 Å². The minimum atomic E-state index is 0.126. The van der Waals surface area contributed by atoms with Crippen LogP contribution < -0.4 is 5.73 Å². The summed E-state index contributed by atoms with van der Waals surface area (Å²) in [4.78, 5) is 0. The Hall–Kier alpha value is -2.30. The summed E-state index contributed by atoms with van der Waals surface area (Å²) in [5.41, 5.74) is 12.1. The molecule has 0 aliphatic rings. The standard InChI is InChI=1S/C15H20N4O/c1-9-7-13(15(16)18-20)5-6-14(9)8-19-12(4)10(2)11(3)17-19/h5-7,20H,8H2,1-4H3,(H2,16,18). The zero-order valence-corrected chi connectivity index (χ0v) is 12.3. The van der Waals surface area contributed by atoms with E-state index in [0.29, 0.717) is 0 Å². The lowest BCUT2D eigenvalue weighted by atomic mass is 10.0. The maximum Gasteiger partial charge on any atom is 0.170 e. The molecule has 0 saturated carbocycles. The molecule has 0 saturated heterocycles. The molecule has 0 fully saturated rings. The van der Waals surface area contributed by atoms with Crippen molar-refractivity contribution >= 4 is 5.84 Å². The smallest absolute Gasteiger partial charge is 0.170 e. The van der Waals surface area contributed by atoms with Crippen LogP contribution in [0, 0.1) is 27.7 Å². The van der Waals surface area contributed by atoms with Gasteiger partial charge in [-0.15, -0.1) is 0 Å². The van der Waals surface area contributed by atoms with Gasteiger partial charge in [-0.05, 0) is 50.5 Å². The van der Waals surface area contributed by atoms with Crippen LogP contribution in [0.5, 0.6) is 0 Å². The summed E-state index contributed by atoms with van der Waals surface area (Å²) in [5.74, 6) is 0.126. The van der Waals surface area contributed by atoms with Crippen molar-refractivity contribution in [2.45, 2.75) is 34.2 Å². The predicted octanol–water partition coefficient (Wildman–Crippen LogP) is 2.26. The van der Waals surface area contributed by atoms with E-state index in [0.717, 1.165) is 23.4 Å². The topological polar surface area (TPSA) is 76.4 Å². The van der Waals surface area contributed by atoms with E-state index in [-0.39, 0.29) is 5.84 Å². The molecule has 0 radical (unpaired) electrons. The van der Waals surface area contributed by atoms with E-state index >= 15 is 0 Å². The van der Waals surface area contributed by atoms with E-state index in [9.17, 15) is 0 Å². The van der Waals surface area contributed by atoms with Crippen molar-refractivity contribution in [3.8, 4) is 0 Å². The monoisotopic (exact) mass is 272 g/mol. The molecule has 1 aromatic heterocycles.